The quantitative estimate of drug-likeness (QED) is 0.775. The van der Waals surface area contributed by atoms with E-state index in [1.165, 1.54) is 0 Å². The topological polar surface area (TPSA) is 55.8 Å². The van der Waals surface area contributed by atoms with Crippen LogP contribution in [-0.4, -0.2) is 31.1 Å². The molecule has 1 amide bonds. The monoisotopic (exact) mass is 353 g/mol. The summed E-state index contributed by atoms with van der Waals surface area (Å²) in [6, 6.07) is 13.5. The molecular formula is C21H23NO4. The van der Waals surface area contributed by atoms with Gasteiger partial charge in [0.2, 0.25) is 0 Å². The Morgan fingerprint density at radius 2 is 1.85 bits per heavy atom. The Balaban J connectivity index is 1.53. The van der Waals surface area contributed by atoms with Crippen molar-refractivity contribution in [2.45, 2.75) is 33.2 Å². The van der Waals surface area contributed by atoms with Gasteiger partial charge >= 0.3 is 5.97 Å². The second-order valence-corrected chi connectivity index (χ2v) is 6.59. The number of esters is 1. The van der Waals surface area contributed by atoms with Crippen LogP contribution in [0, 0.1) is 13.8 Å². The van der Waals surface area contributed by atoms with Crippen LogP contribution in [0.3, 0.4) is 0 Å². The van der Waals surface area contributed by atoms with E-state index in [9.17, 15) is 9.59 Å². The third kappa shape index (κ3) is 3.72. The summed E-state index contributed by atoms with van der Waals surface area (Å²) >= 11 is 0. The molecule has 1 heterocycles. The molecule has 26 heavy (non-hydrogen) atoms. The molecule has 0 bridgehead atoms. The lowest BCUT2D eigenvalue weighted by atomic mass is 10.1. The SMILES string of the molecule is Cc1cccc(OCC(=O)OCC(=O)N2c3ccccc3C[C@@H]2C)c1C. The molecule has 136 valence electrons. The number of nitrogens with zero attached hydrogens (tertiary/aromatic N) is 1. The van der Waals surface area contributed by atoms with E-state index in [1.54, 1.807) is 4.90 Å². The molecule has 5 heteroatoms. The average Bonchev–Trinajstić information content (AvgIpc) is 2.96. The van der Waals surface area contributed by atoms with Crippen molar-refractivity contribution < 1.29 is 19.1 Å². The van der Waals surface area contributed by atoms with Crippen molar-refractivity contribution >= 4 is 17.6 Å². The molecule has 0 aliphatic carbocycles. The highest BCUT2D eigenvalue weighted by Gasteiger charge is 2.30. The summed E-state index contributed by atoms with van der Waals surface area (Å²) in [6.45, 7) is 5.40. The second-order valence-electron chi connectivity index (χ2n) is 6.59. The number of hydrogen-bond acceptors (Lipinski definition) is 4. The smallest absolute Gasteiger partial charge is 0.344 e. The van der Waals surface area contributed by atoms with Gasteiger partial charge in [-0.05, 0) is 56.0 Å². The van der Waals surface area contributed by atoms with Crippen LogP contribution in [0.5, 0.6) is 5.75 Å². The molecule has 0 unspecified atom stereocenters. The predicted octanol–water partition coefficient (Wildman–Crippen LogP) is 3.20. The zero-order chi connectivity index (χ0) is 18.7. The summed E-state index contributed by atoms with van der Waals surface area (Å²) in [7, 11) is 0. The average molecular weight is 353 g/mol. The Morgan fingerprint density at radius 1 is 1.08 bits per heavy atom. The summed E-state index contributed by atoms with van der Waals surface area (Å²) < 4.78 is 10.6. The van der Waals surface area contributed by atoms with Crippen LogP contribution >= 0.6 is 0 Å². The number of carbonyl (C=O) groups is 2. The highest BCUT2D eigenvalue weighted by atomic mass is 16.6. The molecule has 1 atom stereocenters. The van der Waals surface area contributed by atoms with Gasteiger partial charge in [-0.15, -0.1) is 0 Å². The van der Waals surface area contributed by atoms with Crippen molar-refractivity contribution in [1.29, 1.82) is 0 Å². The van der Waals surface area contributed by atoms with Crippen molar-refractivity contribution in [2.24, 2.45) is 0 Å². The van der Waals surface area contributed by atoms with E-state index in [1.807, 2.05) is 63.2 Å². The molecule has 0 radical (unpaired) electrons. The summed E-state index contributed by atoms with van der Waals surface area (Å²) in [5, 5.41) is 0. The van der Waals surface area contributed by atoms with Crippen LogP contribution in [0.4, 0.5) is 5.69 Å². The van der Waals surface area contributed by atoms with E-state index in [-0.39, 0.29) is 25.2 Å². The lowest BCUT2D eigenvalue weighted by Crippen LogP contribution is -2.39. The number of ether oxygens (including phenoxy) is 2. The summed E-state index contributed by atoms with van der Waals surface area (Å²) in [6.07, 6.45) is 0.811. The summed E-state index contributed by atoms with van der Waals surface area (Å²) in [5.74, 6) is -0.128. The molecule has 1 aliphatic rings. The molecule has 3 rings (SSSR count). The predicted molar refractivity (Wildman–Crippen MR) is 99.5 cm³/mol. The van der Waals surface area contributed by atoms with Crippen LogP contribution in [-0.2, 0) is 20.7 Å². The van der Waals surface area contributed by atoms with Crippen LogP contribution < -0.4 is 9.64 Å². The molecule has 0 saturated heterocycles. The Labute approximate surface area is 153 Å². The highest BCUT2D eigenvalue weighted by molar-refractivity contribution is 5.97. The number of benzene rings is 2. The minimum absolute atomic E-state index is 0.0600. The van der Waals surface area contributed by atoms with Gasteiger partial charge in [-0.25, -0.2) is 4.79 Å². The molecule has 0 aromatic heterocycles. The second kappa shape index (κ2) is 7.60. The maximum absolute atomic E-state index is 12.5. The lowest BCUT2D eigenvalue weighted by Gasteiger charge is -2.22. The Kier molecular flexibility index (Phi) is 5.26. The van der Waals surface area contributed by atoms with Crippen LogP contribution in [0.2, 0.25) is 0 Å². The molecule has 0 N–H and O–H groups in total. The van der Waals surface area contributed by atoms with Gasteiger partial charge in [0.15, 0.2) is 13.2 Å². The van der Waals surface area contributed by atoms with E-state index in [4.69, 9.17) is 9.47 Å². The first-order chi connectivity index (χ1) is 12.5. The molecule has 0 saturated carbocycles. The van der Waals surface area contributed by atoms with Crippen molar-refractivity contribution in [3.63, 3.8) is 0 Å². The minimum atomic E-state index is -0.556. The summed E-state index contributed by atoms with van der Waals surface area (Å²) in [5.41, 5.74) is 4.11. The van der Waals surface area contributed by atoms with Crippen molar-refractivity contribution in [3.8, 4) is 5.75 Å². The fourth-order valence-corrected chi connectivity index (χ4v) is 3.22. The standard InChI is InChI=1S/C21H23NO4/c1-14-7-6-10-19(16(14)3)25-13-21(24)26-12-20(23)22-15(2)11-17-8-4-5-9-18(17)22/h4-10,15H,11-13H2,1-3H3/t15-/m0/s1. The van der Waals surface area contributed by atoms with E-state index in [2.05, 4.69) is 0 Å². The van der Waals surface area contributed by atoms with E-state index in [0.29, 0.717) is 5.75 Å². The van der Waals surface area contributed by atoms with Gasteiger partial charge < -0.3 is 14.4 Å². The van der Waals surface area contributed by atoms with Gasteiger partial charge in [-0.1, -0.05) is 30.3 Å². The van der Waals surface area contributed by atoms with Crippen LogP contribution in [0.15, 0.2) is 42.5 Å². The Morgan fingerprint density at radius 3 is 2.65 bits per heavy atom. The van der Waals surface area contributed by atoms with E-state index in [0.717, 1.165) is 28.8 Å². The van der Waals surface area contributed by atoms with E-state index < -0.39 is 5.97 Å². The number of amides is 1. The molecule has 2 aromatic carbocycles. The lowest BCUT2D eigenvalue weighted by molar-refractivity contribution is -0.149. The molecule has 0 fully saturated rings. The van der Waals surface area contributed by atoms with Crippen molar-refractivity contribution in [1.82, 2.24) is 0 Å². The third-order valence-corrected chi connectivity index (χ3v) is 4.73. The molecule has 2 aromatic rings. The van der Waals surface area contributed by atoms with Gasteiger partial charge in [-0.2, -0.15) is 0 Å². The number of carbonyl (C=O) groups excluding carboxylic acids is 2. The first-order valence-electron chi connectivity index (χ1n) is 8.72. The Hall–Kier alpha value is -2.82. The summed E-state index contributed by atoms with van der Waals surface area (Å²) in [4.78, 5) is 26.1. The van der Waals surface area contributed by atoms with Gasteiger partial charge in [0, 0.05) is 11.7 Å². The zero-order valence-corrected chi connectivity index (χ0v) is 15.3. The molecule has 1 aliphatic heterocycles. The fourth-order valence-electron chi connectivity index (χ4n) is 3.22. The maximum atomic E-state index is 12.5. The number of rotatable bonds is 5. The molecular weight excluding hydrogens is 330 g/mol. The fraction of sp³-hybridized carbons (Fsp3) is 0.333. The largest absolute Gasteiger partial charge is 0.482 e. The maximum Gasteiger partial charge on any atom is 0.344 e. The minimum Gasteiger partial charge on any atom is -0.482 e. The highest BCUT2D eigenvalue weighted by Crippen LogP contribution is 2.31. The van der Waals surface area contributed by atoms with E-state index >= 15 is 0 Å². The number of para-hydroxylation sites is 1. The number of hydrogen-bond donors (Lipinski definition) is 0. The number of aryl methyl sites for hydroxylation is 1. The number of fused-ring (bicyclic) bond motifs is 1. The van der Waals surface area contributed by atoms with Gasteiger partial charge in [-0.3, -0.25) is 4.79 Å². The van der Waals surface area contributed by atoms with Gasteiger partial charge in [0.05, 0.1) is 0 Å². The van der Waals surface area contributed by atoms with Crippen molar-refractivity contribution in [3.05, 3.63) is 59.2 Å². The first kappa shape index (κ1) is 18.0. The number of anilines is 1. The third-order valence-electron chi connectivity index (χ3n) is 4.73. The first-order valence-corrected chi connectivity index (χ1v) is 8.72. The molecule has 0 spiro atoms. The van der Waals surface area contributed by atoms with Crippen LogP contribution in [0.25, 0.3) is 0 Å². The normalized spacial score (nSPS) is 15.5. The molecule has 5 nitrogen and oxygen atoms in total. The van der Waals surface area contributed by atoms with Gasteiger partial charge in [0.25, 0.3) is 5.91 Å². The zero-order valence-electron chi connectivity index (χ0n) is 15.3. The van der Waals surface area contributed by atoms with Crippen LogP contribution in [0.1, 0.15) is 23.6 Å². The van der Waals surface area contributed by atoms with Gasteiger partial charge in [0.1, 0.15) is 5.75 Å². The Bertz CT molecular complexity index is 831. The van der Waals surface area contributed by atoms with Crippen molar-refractivity contribution in [2.75, 3.05) is 18.1 Å².